The Balaban J connectivity index is 2.11. The van der Waals surface area contributed by atoms with Gasteiger partial charge in [0.1, 0.15) is 5.15 Å². The van der Waals surface area contributed by atoms with Crippen LogP contribution in [0.1, 0.15) is 10.4 Å². The highest BCUT2D eigenvalue weighted by atomic mass is 35.5. The summed E-state index contributed by atoms with van der Waals surface area (Å²) in [6, 6.07) is 1.60. The number of halogens is 1. The van der Waals surface area contributed by atoms with Crippen LogP contribution in [0.2, 0.25) is 5.15 Å². The summed E-state index contributed by atoms with van der Waals surface area (Å²) >= 11 is 5.83. The lowest BCUT2D eigenvalue weighted by molar-refractivity contribution is 0.100. The average Bonchev–Trinajstić information content (AvgIpc) is 2.36. The minimum Gasteiger partial charge on any atom is -0.380 e. The Kier molecular flexibility index (Phi) is 4.06. The van der Waals surface area contributed by atoms with Crippen molar-refractivity contribution < 1.29 is 4.79 Å². The van der Waals surface area contributed by atoms with E-state index < -0.39 is 5.91 Å². The van der Waals surface area contributed by atoms with Crippen LogP contribution in [-0.2, 0) is 0 Å². The molecule has 0 saturated heterocycles. The van der Waals surface area contributed by atoms with Crippen molar-refractivity contribution in [1.82, 2.24) is 9.88 Å². The van der Waals surface area contributed by atoms with Gasteiger partial charge in [0.2, 0.25) is 0 Å². The van der Waals surface area contributed by atoms with Crippen LogP contribution in [0, 0.1) is 0 Å². The second kappa shape index (κ2) is 5.75. The lowest BCUT2D eigenvalue weighted by Gasteiger charge is -2.20. The highest BCUT2D eigenvalue weighted by Gasteiger charge is 2.10. The van der Waals surface area contributed by atoms with E-state index >= 15 is 0 Å². The monoisotopic (exact) mass is 278 g/mol. The number of rotatable bonds is 4. The van der Waals surface area contributed by atoms with Crippen molar-refractivity contribution >= 4 is 23.2 Å². The molecular weight excluding hydrogens is 264 g/mol. The van der Waals surface area contributed by atoms with Gasteiger partial charge in [0.25, 0.3) is 5.91 Å². The number of hydrogen-bond acceptors (Lipinski definition) is 4. The Bertz CT molecular complexity index is 554. The molecule has 0 bridgehead atoms. The summed E-state index contributed by atoms with van der Waals surface area (Å²) in [7, 11) is 2.00. The van der Waals surface area contributed by atoms with E-state index in [1.54, 1.807) is 6.07 Å². The van der Waals surface area contributed by atoms with Gasteiger partial charge in [0.15, 0.2) is 0 Å². The normalized spacial score (nSPS) is 14.2. The second-order valence-corrected chi connectivity index (χ2v) is 4.74. The van der Waals surface area contributed by atoms with E-state index in [9.17, 15) is 4.79 Å². The van der Waals surface area contributed by atoms with E-state index in [0.29, 0.717) is 22.9 Å². The molecule has 19 heavy (non-hydrogen) atoms. The zero-order chi connectivity index (χ0) is 13.8. The first-order valence-electron chi connectivity index (χ1n) is 5.82. The number of hydrogen-bond donors (Lipinski definition) is 2. The summed E-state index contributed by atoms with van der Waals surface area (Å²) < 4.78 is 0. The number of carbonyl (C=O) groups is 1. The molecule has 2 rings (SSSR count). The van der Waals surface area contributed by atoms with E-state index in [2.05, 4.69) is 15.2 Å². The zero-order valence-electron chi connectivity index (χ0n) is 10.6. The molecule has 0 saturated carbocycles. The number of allylic oxidation sites excluding steroid dienone is 2. The number of likely N-dealkylation sites (N-methyl/N-ethyl adjacent to an activating group) is 1. The largest absolute Gasteiger partial charge is 0.380 e. The van der Waals surface area contributed by atoms with E-state index in [0.717, 1.165) is 6.54 Å². The molecule has 1 aromatic rings. The molecule has 6 heteroatoms. The molecule has 3 N–H and O–H groups in total. The Morgan fingerprint density at radius 2 is 2.42 bits per heavy atom. The number of anilines is 1. The maximum Gasteiger partial charge on any atom is 0.252 e. The van der Waals surface area contributed by atoms with Gasteiger partial charge in [-0.05, 0) is 23.9 Å². The maximum atomic E-state index is 11.3. The Labute approximate surface area is 116 Å². The van der Waals surface area contributed by atoms with E-state index in [1.165, 1.54) is 11.8 Å². The Morgan fingerprint density at radius 1 is 1.63 bits per heavy atom. The number of nitrogens with two attached hydrogens (primary N) is 1. The quantitative estimate of drug-likeness (QED) is 0.821. The first-order chi connectivity index (χ1) is 9.06. The molecule has 0 radical (unpaired) electrons. The van der Waals surface area contributed by atoms with Gasteiger partial charge in [0.05, 0.1) is 11.3 Å². The van der Waals surface area contributed by atoms with E-state index in [-0.39, 0.29) is 0 Å². The molecule has 1 aromatic heterocycles. The molecule has 2 heterocycles. The molecule has 1 aliphatic rings. The third-order valence-corrected chi connectivity index (χ3v) is 2.97. The number of nitrogens with zero attached hydrogens (tertiary/aromatic N) is 2. The minimum atomic E-state index is -0.527. The van der Waals surface area contributed by atoms with Crippen LogP contribution in [-0.4, -0.2) is 35.9 Å². The number of nitrogens with one attached hydrogen (secondary N) is 1. The molecule has 0 atom stereocenters. The topological polar surface area (TPSA) is 71.2 Å². The summed E-state index contributed by atoms with van der Waals surface area (Å²) in [5, 5.41) is 3.49. The van der Waals surface area contributed by atoms with Crippen molar-refractivity contribution in [3.63, 3.8) is 0 Å². The molecule has 5 nitrogen and oxygen atoms in total. The molecule has 1 amide bonds. The third-order valence-electron chi connectivity index (χ3n) is 2.77. The predicted octanol–water partition coefficient (Wildman–Crippen LogP) is 1.63. The number of primary amides is 1. The fraction of sp³-hybridized carbons (Fsp3) is 0.231. The van der Waals surface area contributed by atoms with Crippen LogP contribution >= 0.6 is 11.6 Å². The van der Waals surface area contributed by atoms with Gasteiger partial charge in [-0.2, -0.15) is 0 Å². The smallest absolute Gasteiger partial charge is 0.252 e. The van der Waals surface area contributed by atoms with Gasteiger partial charge in [-0.1, -0.05) is 17.7 Å². The lowest BCUT2D eigenvalue weighted by Crippen LogP contribution is -2.22. The van der Waals surface area contributed by atoms with E-state index in [1.807, 2.05) is 25.4 Å². The standard InChI is InChI=1S/C13H15ClN4O/c1-18-4-2-3-9(8-18)6-16-11-5-12(14)17-7-10(11)13(15)19/h2-5,7H,6,8H2,1H3,(H2,15,19)(H,16,17). The number of carbonyl (C=O) groups excluding carboxylic acids is 1. The van der Waals surface area contributed by atoms with Gasteiger partial charge in [0, 0.05) is 26.3 Å². The van der Waals surface area contributed by atoms with Gasteiger partial charge in [-0.15, -0.1) is 0 Å². The number of pyridine rings is 1. The maximum absolute atomic E-state index is 11.3. The summed E-state index contributed by atoms with van der Waals surface area (Å²) in [6.07, 6.45) is 7.41. The van der Waals surface area contributed by atoms with Gasteiger partial charge in [-0.25, -0.2) is 4.98 Å². The summed E-state index contributed by atoms with van der Waals surface area (Å²) in [4.78, 5) is 17.2. The van der Waals surface area contributed by atoms with Crippen LogP contribution in [0.25, 0.3) is 0 Å². The van der Waals surface area contributed by atoms with Crippen LogP contribution in [0.3, 0.4) is 0 Å². The van der Waals surface area contributed by atoms with Crippen LogP contribution in [0.4, 0.5) is 5.69 Å². The minimum absolute atomic E-state index is 0.321. The van der Waals surface area contributed by atoms with Gasteiger partial charge in [-0.3, -0.25) is 4.79 Å². The Morgan fingerprint density at radius 3 is 3.11 bits per heavy atom. The zero-order valence-corrected chi connectivity index (χ0v) is 11.3. The highest BCUT2D eigenvalue weighted by Crippen LogP contribution is 2.19. The summed E-state index contributed by atoms with van der Waals surface area (Å²) in [5.41, 5.74) is 7.44. The van der Waals surface area contributed by atoms with Gasteiger partial charge >= 0.3 is 0 Å². The van der Waals surface area contributed by atoms with Crippen molar-refractivity contribution in [2.75, 3.05) is 25.5 Å². The predicted molar refractivity (Wildman–Crippen MR) is 76.1 cm³/mol. The molecule has 0 spiro atoms. The van der Waals surface area contributed by atoms with Crippen LogP contribution in [0.15, 0.2) is 36.2 Å². The fourth-order valence-electron chi connectivity index (χ4n) is 1.85. The first-order valence-corrected chi connectivity index (χ1v) is 6.20. The van der Waals surface area contributed by atoms with Crippen LogP contribution in [0.5, 0.6) is 0 Å². The highest BCUT2D eigenvalue weighted by molar-refractivity contribution is 6.29. The first kappa shape index (κ1) is 13.4. The van der Waals surface area contributed by atoms with Crippen LogP contribution < -0.4 is 11.1 Å². The lowest BCUT2D eigenvalue weighted by atomic mass is 10.1. The molecular formula is C13H15ClN4O. The van der Waals surface area contributed by atoms with Gasteiger partial charge < -0.3 is 16.0 Å². The number of amides is 1. The van der Waals surface area contributed by atoms with Crippen molar-refractivity contribution in [1.29, 1.82) is 0 Å². The molecule has 100 valence electrons. The molecule has 1 aliphatic heterocycles. The van der Waals surface area contributed by atoms with Crippen molar-refractivity contribution in [2.24, 2.45) is 5.73 Å². The molecule has 0 unspecified atom stereocenters. The molecule has 0 aliphatic carbocycles. The van der Waals surface area contributed by atoms with Crippen molar-refractivity contribution in [3.8, 4) is 0 Å². The summed E-state index contributed by atoms with van der Waals surface area (Å²) in [5.74, 6) is -0.527. The fourth-order valence-corrected chi connectivity index (χ4v) is 2.01. The Hall–Kier alpha value is -2.01. The van der Waals surface area contributed by atoms with Crippen molar-refractivity contribution in [3.05, 3.63) is 46.9 Å². The van der Waals surface area contributed by atoms with E-state index in [4.69, 9.17) is 17.3 Å². The average molecular weight is 279 g/mol. The summed E-state index contributed by atoms with van der Waals surface area (Å²) in [6.45, 7) is 1.46. The molecule has 0 fully saturated rings. The third kappa shape index (κ3) is 3.48. The van der Waals surface area contributed by atoms with Crippen molar-refractivity contribution in [2.45, 2.75) is 0 Å². The number of aromatic nitrogens is 1. The second-order valence-electron chi connectivity index (χ2n) is 4.35. The molecule has 0 aromatic carbocycles. The SMILES string of the molecule is CN1C=CC=C(CNc2cc(Cl)ncc2C(N)=O)C1.